The molecular weight excluding hydrogens is 212 g/mol. The van der Waals surface area contributed by atoms with Crippen LogP contribution in [0, 0.1) is 19.3 Å². The molecule has 0 aromatic heterocycles. The monoisotopic (exact) mass is 224 g/mol. The minimum absolute atomic E-state index is 0.0424. The fraction of sp³-hybridized carbons (Fsp3) is 0.200. The van der Waals surface area contributed by atoms with Crippen molar-refractivity contribution < 1.29 is 8.42 Å². The van der Waals surface area contributed by atoms with Crippen molar-refractivity contribution in [3.05, 3.63) is 23.3 Å². The van der Waals surface area contributed by atoms with Crippen molar-refractivity contribution >= 4 is 15.7 Å². The van der Waals surface area contributed by atoms with Crippen molar-refractivity contribution in [3.63, 3.8) is 0 Å². The molecule has 0 spiro atoms. The van der Waals surface area contributed by atoms with Crippen LogP contribution in [0.4, 0.5) is 5.69 Å². The number of hydrogen-bond donors (Lipinski definition) is 2. The lowest BCUT2D eigenvalue weighted by molar-refractivity contribution is 0.597. The zero-order valence-corrected chi connectivity index (χ0v) is 9.14. The van der Waals surface area contributed by atoms with Crippen LogP contribution >= 0.6 is 0 Å². The Balaban J connectivity index is 3.42. The molecule has 0 unspecified atom stereocenters. The predicted molar refractivity (Wildman–Crippen MR) is 59.5 cm³/mol. The maximum atomic E-state index is 11.2. The molecule has 0 saturated heterocycles. The Morgan fingerprint density at radius 1 is 1.47 bits per heavy atom. The molecule has 4 N–H and O–H groups in total. The summed E-state index contributed by atoms with van der Waals surface area (Å²) in [6, 6.07) is 3.01. The molecule has 0 saturated carbocycles. The molecule has 1 aromatic rings. The lowest BCUT2D eigenvalue weighted by atomic mass is 10.1. The lowest BCUT2D eigenvalue weighted by Gasteiger charge is -2.09. The van der Waals surface area contributed by atoms with Crippen LogP contribution in [0.2, 0.25) is 0 Å². The number of nitrogens with two attached hydrogens (primary N) is 2. The van der Waals surface area contributed by atoms with Gasteiger partial charge >= 0.3 is 0 Å². The molecule has 80 valence electrons. The van der Waals surface area contributed by atoms with Gasteiger partial charge < -0.3 is 5.73 Å². The second kappa shape index (κ2) is 3.93. The smallest absolute Gasteiger partial charge is 0.238 e. The van der Waals surface area contributed by atoms with Crippen molar-refractivity contribution in [3.8, 4) is 12.3 Å². The summed E-state index contributed by atoms with van der Waals surface area (Å²) >= 11 is 0. The Morgan fingerprint density at radius 3 is 2.53 bits per heavy atom. The fourth-order valence-corrected chi connectivity index (χ4v) is 2.13. The fourth-order valence-electron chi connectivity index (χ4n) is 1.34. The van der Waals surface area contributed by atoms with Crippen molar-refractivity contribution in [2.75, 3.05) is 5.73 Å². The van der Waals surface area contributed by atoms with Crippen LogP contribution in [0.1, 0.15) is 11.1 Å². The molecule has 0 fully saturated rings. The van der Waals surface area contributed by atoms with Crippen LogP contribution < -0.4 is 10.9 Å². The molecule has 4 nitrogen and oxygen atoms in total. The van der Waals surface area contributed by atoms with Gasteiger partial charge in [0.25, 0.3) is 0 Å². The molecule has 15 heavy (non-hydrogen) atoms. The van der Waals surface area contributed by atoms with Crippen molar-refractivity contribution in [2.24, 2.45) is 5.14 Å². The van der Waals surface area contributed by atoms with Gasteiger partial charge in [0.15, 0.2) is 0 Å². The molecule has 0 atom stereocenters. The largest absolute Gasteiger partial charge is 0.398 e. The molecule has 5 heteroatoms. The predicted octanol–water partition coefficient (Wildman–Crippen LogP) is 0.400. The summed E-state index contributed by atoms with van der Waals surface area (Å²) in [5, 5.41) is 5.03. The summed E-state index contributed by atoms with van der Waals surface area (Å²) in [5.74, 6) is 2.45. The third kappa shape index (κ3) is 2.29. The Kier molecular flexibility index (Phi) is 3.03. The third-order valence-electron chi connectivity index (χ3n) is 2.15. The van der Waals surface area contributed by atoms with Gasteiger partial charge in [0.2, 0.25) is 10.0 Å². The number of primary sulfonamides is 1. The highest BCUT2D eigenvalue weighted by molar-refractivity contribution is 7.89. The number of rotatable bonds is 2. The van der Waals surface area contributed by atoms with Gasteiger partial charge in [-0.15, -0.1) is 12.3 Å². The zero-order chi connectivity index (χ0) is 11.6. The summed E-state index contributed by atoms with van der Waals surface area (Å²) in [7, 11) is -3.72. The molecule has 1 rings (SSSR count). The summed E-state index contributed by atoms with van der Waals surface area (Å²) in [6.45, 7) is 1.61. The van der Waals surface area contributed by atoms with Gasteiger partial charge in [0, 0.05) is 12.1 Å². The quantitative estimate of drug-likeness (QED) is 0.563. The second-order valence-corrected chi connectivity index (χ2v) is 4.72. The first-order valence-electron chi connectivity index (χ1n) is 4.22. The highest BCUT2D eigenvalue weighted by Crippen LogP contribution is 2.23. The Hall–Kier alpha value is -1.51. The first kappa shape index (κ1) is 11.6. The molecule has 0 aliphatic carbocycles. The zero-order valence-electron chi connectivity index (χ0n) is 8.32. The first-order chi connectivity index (χ1) is 6.88. The second-order valence-electron chi connectivity index (χ2n) is 3.19. The maximum absolute atomic E-state index is 11.2. The van der Waals surface area contributed by atoms with Gasteiger partial charge in [-0.1, -0.05) is 6.07 Å². The molecule has 0 heterocycles. The summed E-state index contributed by atoms with van der Waals surface area (Å²) in [4.78, 5) is 0.0424. The van der Waals surface area contributed by atoms with Crippen LogP contribution in [-0.4, -0.2) is 8.42 Å². The van der Waals surface area contributed by atoms with E-state index >= 15 is 0 Å². The van der Waals surface area contributed by atoms with Gasteiger partial charge in [-0.25, -0.2) is 13.6 Å². The topological polar surface area (TPSA) is 86.2 Å². The SMILES string of the molecule is C#CCc1ccc(S(N)(=O)=O)c(C)c1N. The number of terminal acetylenes is 1. The van der Waals surface area contributed by atoms with Gasteiger partial charge in [-0.05, 0) is 24.1 Å². The maximum Gasteiger partial charge on any atom is 0.238 e. The van der Waals surface area contributed by atoms with E-state index in [2.05, 4.69) is 5.92 Å². The number of anilines is 1. The van der Waals surface area contributed by atoms with E-state index in [1.807, 2.05) is 0 Å². The summed E-state index contributed by atoms with van der Waals surface area (Å²) < 4.78 is 22.3. The van der Waals surface area contributed by atoms with E-state index in [0.717, 1.165) is 5.56 Å². The van der Waals surface area contributed by atoms with E-state index in [4.69, 9.17) is 17.3 Å². The van der Waals surface area contributed by atoms with Gasteiger partial charge in [0.05, 0.1) is 4.90 Å². The molecule has 0 amide bonds. The van der Waals surface area contributed by atoms with Crippen LogP contribution in [-0.2, 0) is 16.4 Å². The first-order valence-corrected chi connectivity index (χ1v) is 5.76. The van der Waals surface area contributed by atoms with E-state index in [-0.39, 0.29) is 4.90 Å². The lowest BCUT2D eigenvalue weighted by Crippen LogP contribution is -2.15. The molecule has 0 aliphatic rings. The van der Waals surface area contributed by atoms with E-state index in [1.165, 1.54) is 6.07 Å². The molecule has 0 radical (unpaired) electrons. The van der Waals surface area contributed by atoms with Crippen LogP contribution in [0.3, 0.4) is 0 Å². The Labute approximate surface area is 89.3 Å². The highest BCUT2D eigenvalue weighted by Gasteiger charge is 2.14. The van der Waals surface area contributed by atoms with Crippen molar-refractivity contribution in [2.45, 2.75) is 18.2 Å². The van der Waals surface area contributed by atoms with Gasteiger partial charge in [0.1, 0.15) is 0 Å². The standard InChI is InChI=1S/C10H12N2O2S/c1-3-4-8-5-6-9(15(12,13)14)7(2)10(8)11/h1,5-6H,4,11H2,2H3,(H2,12,13,14). The van der Waals surface area contributed by atoms with Gasteiger partial charge in [-0.2, -0.15) is 0 Å². The number of sulfonamides is 1. The number of nitrogen functional groups attached to an aromatic ring is 1. The van der Waals surface area contributed by atoms with Crippen molar-refractivity contribution in [1.82, 2.24) is 0 Å². The Morgan fingerprint density at radius 2 is 2.07 bits per heavy atom. The minimum atomic E-state index is -3.72. The van der Waals surface area contributed by atoms with Crippen LogP contribution in [0.15, 0.2) is 17.0 Å². The van der Waals surface area contributed by atoms with Crippen LogP contribution in [0.5, 0.6) is 0 Å². The Bertz CT molecular complexity index is 527. The average Bonchev–Trinajstić information content (AvgIpc) is 2.11. The molecule has 0 bridgehead atoms. The van der Waals surface area contributed by atoms with Crippen molar-refractivity contribution in [1.29, 1.82) is 0 Å². The van der Waals surface area contributed by atoms with Crippen LogP contribution in [0.25, 0.3) is 0 Å². The number of benzene rings is 1. The summed E-state index contributed by atoms with van der Waals surface area (Å²) in [6.07, 6.45) is 5.53. The average molecular weight is 224 g/mol. The summed E-state index contributed by atoms with van der Waals surface area (Å²) in [5.41, 5.74) is 7.33. The van der Waals surface area contributed by atoms with E-state index in [1.54, 1.807) is 13.0 Å². The van der Waals surface area contributed by atoms with E-state index in [9.17, 15) is 8.42 Å². The third-order valence-corrected chi connectivity index (χ3v) is 3.21. The minimum Gasteiger partial charge on any atom is -0.398 e. The normalized spacial score (nSPS) is 11.0. The van der Waals surface area contributed by atoms with Gasteiger partial charge in [-0.3, -0.25) is 0 Å². The number of hydrogen-bond acceptors (Lipinski definition) is 3. The van der Waals surface area contributed by atoms with E-state index < -0.39 is 10.0 Å². The van der Waals surface area contributed by atoms with E-state index in [0.29, 0.717) is 17.7 Å². The highest BCUT2D eigenvalue weighted by atomic mass is 32.2. The molecule has 1 aromatic carbocycles. The molecule has 0 aliphatic heterocycles. The molecular formula is C10H12N2O2S.